The van der Waals surface area contributed by atoms with Gasteiger partial charge in [-0.3, -0.25) is 14.9 Å². The van der Waals surface area contributed by atoms with Crippen LogP contribution >= 0.6 is 15.9 Å². The molecular weight excluding hydrogens is 336 g/mol. The lowest BCUT2D eigenvalue weighted by molar-refractivity contribution is -0.384. The molecule has 2 aromatic carbocycles. The summed E-state index contributed by atoms with van der Waals surface area (Å²) >= 11 is 3.36. The highest BCUT2D eigenvalue weighted by atomic mass is 79.9. The molecule has 1 N–H and O–H groups in total. The highest BCUT2D eigenvalue weighted by Gasteiger charge is 2.14. The number of nitrogens with one attached hydrogen (secondary N) is 1. The molecule has 108 valence electrons. The van der Waals surface area contributed by atoms with Crippen LogP contribution in [0.3, 0.4) is 0 Å². The highest BCUT2D eigenvalue weighted by molar-refractivity contribution is 9.10. The van der Waals surface area contributed by atoms with E-state index in [4.69, 9.17) is 0 Å². The van der Waals surface area contributed by atoms with Crippen LogP contribution in [0.2, 0.25) is 0 Å². The minimum atomic E-state index is -0.479. The summed E-state index contributed by atoms with van der Waals surface area (Å²) < 4.78 is 0.935. The maximum absolute atomic E-state index is 12.3. The number of non-ortho nitro benzene ring substituents is 1. The van der Waals surface area contributed by atoms with Crippen LogP contribution in [0.25, 0.3) is 0 Å². The molecule has 0 bridgehead atoms. The lowest BCUT2D eigenvalue weighted by atomic mass is 10.1. The molecule has 0 aromatic heterocycles. The van der Waals surface area contributed by atoms with Crippen LogP contribution in [0.1, 0.15) is 21.5 Å². The molecule has 0 radical (unpaired) electrons. The molecule has 0 heterocycles. The van der Waals surface area contributed by atoms with Crippen LogP contribution in [0.15, 0.2) is 40.9 Å². The number of benzene rings is 2. The predicted molar refractivity (Wildman–Crippen MR) is 84.7 cm³/mol. The number of halogens is 1. The minimum absolute atomic E-state index is 0.0242. The summed E-state index contributed by atoms with van der Waals surface area (Å²) in [5.74, 6) is -0.284. The van der Waals surface area contributed by atoms with Gasteiger partial charge in [-0.25, -0.2) is 0 Å². The van der Waals surface area contributed by atoms with Gasteiger partial charge in [0.05, 0.1) is 4.92 Å². The maximum Gasteiger partial charge on any atom is 0.269 e. The van der Waals surface area contributed by atoms with Crippen molar-refractivity contribution in [3.8, 4) is 0 Å². The lowest BCUT2D eigenvalue weighted by Gasteiger charge is -2.10. The third-order valence-corrected chi connectivity index (χ3v) is 3.60. The number of carbonyl (C=O) groups excluding carboxylic acids is 1. The third kappa shape index (κ3) is 3.46. The van der Waals surface area contributed by atoms with Gasteiger partial charge in [-0.05, 0) is 49.2 Å². The van der Waals surface area contributed by atoms with E-state index in [-0.39, 0.29) is 11.6 Å². The zero-order chi connectivity index (χ0) is 15.6. The van der Waals surface area contributed by atoms with E-state index in [9.17, 15) is 14.9 Å². The molecule has 0 fully saturated rings. The van der Waals surface area contributed by atoms with Crippen LogP contribution < -0.4 is 5.32 Å². The third-order valence-electron chi connectivity index (χ3n) is 3.10. The molecule has 0 spiro atoms. The second kappa shape index (κ2) is 6.05. The number of hydrogen-bond donors (Lipinski definition) is 1. The Bertz CT molecular complexity index is 729. The van der Waals surface area contributed by atoms with Crippen molar-refractivity contribution < 1.29 is 9.72 Å². The van der Waals surface area contributed by atoms with E-state index in [2.05, 4.69) is 21.2 Å². The van der Waals surface area contributed by atoms with Crippen molar-refractivity contribution in [3.05, 3.63) is 67.7 Å². The summed E-state index contributed by atoms with van der Waals surface area (Å²) in [5.41, 5.74) is 2.60. The van der Waals surface area contributed by atoms with E-state index in [0.717, 1.165) is 10.0 Å². The highest BCUT2D eigenvalue weighted by Crippen LogP contribution is 2.22. The average molecular weight is 349 g/mol. The summed E-state index contributed by atoms with van der Waals surface area (Å²) in [5, 5.41) is 13.5. The van der Waals surface area contributed by atoms with Gasteiger partial charge in [-0.2, -0.15) is 0 Å². The van der Waals surface area contributed by atoms with Crippen molar-refractivity contribution >= 4 is 33.2 Å². The van der Waals surface area contributed by atoms with Crippen molar-refractivity contribution in [2.75, 3.05) is 5.32 Å². The summed E-state index contributed by atoms with van der Waals surface area (Å²) in [4.78, 5) is 22.5. The molecule has 0 atom stereocenters. The van der Waals surface area contributed by atoms with Crippen LogP contribution in [-0.2, 0) is 0 Å². The molecular formula is C15H13BrN2O3. The molecule has 0 aliphatic heterocycles. The van der Waals surface area contributed by atoms with Gasteiger partial charge in [0.15, 0.2) is 0 Å². The summed E-state index contributed by atoms with van der Waals surface area (Å²) in [6, 6.07) is 9.73. The summed E-state index contributed by atoms with van der Waals surface area (Å²) in [7, 11) is 0. The first-order valence-corrected chi connectivity index (χ1v) is 7.00. The quantitative estimate of drug-likeness (QED) is 0.666. The molecule has 5 nitrogen and oxygen atoms in total. The van der Waals surface area contributed by atoms with Crippen LogP contribution in [0.5, 0.6) is 0 Å². The van der Waals surface area contributed by atoms with Crippen molar-refractivity contribution in [2.24, 2.45) is 0 Å². The maximum atomic E-state index is 12.3. The number of nitrogens with zero attached hydrogens (tertiary/aromatic N) is 1. The van der Waals surface area contributed by atoms with Crippen LogP contribution in [0.4, 0.5) is 11.4 Å². The van der Waals surface area contributed by atoms with Gasteiger partial charge >= 0.3 is 0 Å². The molecule has 1 amide bonds. The van der Waals surface area contributed by atoms with Gasteiger partial charge in [0.1, 0.15) is 0 Å². The van der Waals surface area contributed by atoms with Gasteiger partial charge < -0.3 is 5.32 Å². The smallest absolute Gasteiger partial charge is 0.269 e. The SMILES string of the molecule is Cc1cc(Br)ccc1NC(=O)c1ccc([N+](=O)[O-])cc1C. The number of amides is 1. The van der Waals surface area contributed by atoms with Crippen molar-refractivity contribution in [1.82, 2.24) is 0 Å². The van der Waals surface area contributed by atoms with E-state index in [1.165, 1.54) is 18.2 Å². The standard InChI is InChI=1S/C15H13BrN2O3/c1-9-8-12(18(20)21)4-5-13(9)15(19)17-14-6-3-11(16)7-10(14)2/h3-8H,1-2H3,(H,17,19). The Morgan fingerprint density at radius 1 is 1.14 bits per heavy atom. The Balaban J connectivity index is 2.26. The van der Waals surface area contributed by atoms with Gasteiger partial charge in [-0.15, -0.1) is 0 Å². The largest absolute Gasteiger partial charge is 0.322 e. The number of hydrogen-bond acceptors (Lipinski definition) is 3. The van der Waals surface area contributed by atoms with Crippen molar-refractivity contribution in [1.29, 1.82) is 0 Å². The van der Waals surface area contributed by atoms with E-state index in [0.29, 0.717) is 16.8 Å². The van der Waals surface area contributed by atoms with Crippen molar-refractivity contribution in [3.63, 3.8) is 0 Å². The topological polar surface area (TPSA) is 72.2 Å². The normalized spacial score (nSPS) is 10.2. The molecule has 6 heteroatoms. The number of aryl methyl sites for hydroxylation is 2. The van der Waals surface area contributed by atoms with E-state index in [1.807, 2.05) is 19.1 Å². The predicted octanol–water partition coefficient (Wildman–Crippen LogP) is 4.23. The Morgan fingerprint density at radius 2 is 1.86 bits per heavy atom. The Labute approximate surface area is 130 Å². The molecule has 0 saturated heterocycles. The first-order valence-electron chi connectivity index (χ1n) is 6.21. The average Bonchev–Trinajstić information content (AvgIpc) is 2.41. The summed E-state index contributed by atoms with van der Waals surface area (Å²) in [6.45, 7) is 3.57. The first-order chi connectivity index (χ1) is 9.88. The fourth-order valence-electron chi connectivity index (χ4n) is 1.97. The second-order valence-corrected chi connectivity index (χ2v) is 5.59. The Kier molecular flexibility index (Phi) is 4.37. The monoisotopic (exact) mass is 348 g/mol. The molecule has 0 saturated carbocycles. The van der Waals surface area contributed by atoms with E-state index >= 15 is 0 Å². The van der Waals surface area contributed by atoms with Crippen LogP contribution in [0, 0.1) is 24.0 Å². The number of anilines is 1. The Hall–Kier alpha value is -2.21. The van der Waals surface area contributed by atoms with Crippen molar-refractivity contribution in [2.45, 2.75) is 13.8 Å². The summed E-state index contributed by atoms with van der Waals surface area (Å²) in [6.07, 6.45) is 0. The Morgan fingerprint density at radius 3 is 2.43 bits per heavy atom. The number of nitro groups is 1. The molecule has 0 aliphatic carbocycles. The molecule has 0 unspecified atom stereocenters. The van der Waals surface area contributed by atoms with Gasteiger partial charge in [0.2, 0.25) is 0 Å². The van der Waals surface area contributed by atoms with E-state index < -0.39 is 4.92 Å². The second-order valence-electron chi connectivity index (χ2n) is 4.67. The fourth-order valence-corrected chi connectivity index (χ4v) is 2.45. The zero-order valence-corrected chi connectivity index (χ0v) is 13.1. The number of nitro benzene ring substituents is 1. The van der Waals surface area contributed by atoms with Crippen LogP contribution in [-0.4, -0.2) is 10.8 Å². The fraction of sp³-hybridized carbons (Fsp3) is 0.133. The van der Waals surface area contributed by atoms with E-state index in [1.54, 1.807) is 13.0 Å². The zero-order valence-electron chi connectivity index (χ0n) is 11.5. The minimum Gasteiger partial charge on any atom is -0.322 e. The molecule has 2 aromatic rings. The lowest BCUT2D eigenvalue weighted by Crippen LogP contribution is -2.14. The molecule has 21 heavy (non-hydrogen) atoms. The van der Waals surface area contributed by atoms with Gasteiger partial charge in [-0.1, -0.05) is 15.9 Å². The van der Waals surface area contributed by atoms with Gasteiger partial charge in [0.25, 0.3) is 11.6 Å². The molecule has 0 aliphatic rings. The number of rotatable bonds is 3. The first kappa shape index (κ1) is 15.2. The molecule has 2 rings (SSSR count). The number of carbonyl (C=O) groups is 1. The van der Waals surface area contributed by atoms with Gasteiger partial charge in [0, 0.05) is 27.9 Å².